The molecule has 1 amide bonds. The van der Waals surface area contributed by atoms with Gasteiger partial charge in [0.2, 0.25) is 5.91 Å². The van der Waals surface area contributed by atoms with Crippen molar-refractivity contribution in [2.45, 2.75) is 38.4 Å². The van der Waals surface area contributed by atoms with Crippen molar-refractivity contribution in [3.05, 3.63) is 101 Å². The lowest BCUT2D eigenvalue weighted by Crippen LogP contribution is -2.33. The van der Waals surface area contributed by atoms with Crippen LogP contribution in [-0.4, -0.2) is 23.9 Å². The fraction of sp³-hybridized carbons (Fsp3) is 0.296. The second-order valence-corrected chi connectivity index (χ2v) is 8.33. The molecule has 3 aromatic carbocycles. The number of carbonyl (C=O) groups is 1. The molecule has 1 heterocycles. The van der Waals surface area contributed by atoms with Crippen LogP contribution < -0.4 is 10.6 Å². The van der Waals surface area contributed by atoms with E-state index in [9.17, 15) is 9.18 Å². The highest BCUT2D eigenvalue weighted by atomic mass is 19.1. The van der Waals surface area contributed by atoms with Gasteiger partial charge in [-0.05, 0) is 66.9 Å². The Morgan fingerprint density at radius 3 is 2.22 bits per heavy atom. The summed E-state index contributed by atoms with van der Waals surface area (Å²) in [6.07, 6.45) is 3.85. The van der Waals surface area contributed by atoms with Crippen molar-refractivity contribution < 1.29 is 9.18 Å². The van der Waals surface area contributed by atoms with Crippen LogP contribution in [-0.2, 0) is 17.9 Å². The Hall–Kier alpha value is -3.02. The average Bonchev–Trinajstić information content (AvgIpc) is 2.83. The van der Waals surface area contributed by atoms with E-state index in [1.54, 1.807) is 12.1 Å². The zero-order valence-electron chi connectivity index (χ0n) is 18.3. The van der Waals surface area contributed by atoms with Crippen molar-refractivity contribution in [1.29, 1.82) is 0 Å². The molecule has 1 saturated heterocycles. The maximum atomic E-state index is 13.2. The van der Waals surface area contributed by atoms with Gasteiger partial charge in [-0.1, -0.05) is 61.0 Å². The first kappa shape index (κ1) is 22.2. The monoisotopic (exact) mass is 431 g/mol. The first-order chi connectivity index (χ1) is 15.7. The highest BCUT2D eigenvalue weighted by Gasteiger charge is 2.21. The van der Waals surface area contributed by atoms with Crippen LogP contribution in [0, 0.1) is 5.82 Å². The Kier molecular flexibility index (Phi) is 7.64. The fourth-order valence-corrected chi connectivity index (χ4v) is 4.21. The lowest BCUT2D eigenvalue weighted by Gasteiger charge is -2.27. The van der Waals surface area contributed by atoms with Crippen LogP contribution in [0.15, 0.2) is 78.9 Å². The number of hydrogen-bond acceptors (Lipinski definition) is 3. The molecule has 0 aromatic heterocycles. The van der Waals surface area contributed by atoms with Gasteiger partial charge in [0.05, 0.1) is 0 Å². The molecule has 0 unspecified atom stereocenters. The molecule has 32 heavy (non-hydrogen) atoms. The quantitative estimate of drug-likeness (QED) is 0.510. The number of nitrogens with zero attached hydrogens (tertiary/aromatic N) is 1. The number of amides is 1. The highest BCUT2D eigenvalue weighted by Crippen LogP contribution is 2.20. The molecule has 166 valence electrons. The van der Waals surface area contributed by atoms with Crippen molar-refractivity contribution in [2.75, 3.05) is 18.4 Å². The van der Waals surface area contributed by atoms with Gasteiger partial charge in [0.15, 0.2) is 0 Å². The van der Waals surface area contributed by atoms with Gasteiger partial charge in [0, 0.05) is 18.8 Å². The third-order valence-electron chi connectivity index (χ3n) is 5.96. The normalized spacial score (nSPS) is 15.3. The zero-order valence-corrected chi connectivity index (χ0v) is 18.3. The molecule has 4 rings (SSSR count). The molecule has 0 saturated carbocycles. The lowest BCUT2D eigenvalue weighted by atomic mass is 10.0. The van der Waals surface area contributed by atoms with E-state index in [2.05, 4.69) is 33.7 Å². The number of anilines is 1. The maximum Gasteiger partial charge on any atom is 0.246 e. The topological polar surface area (TPSA) is 44.4 Å². The maximum absolute atomic E-state index is 13.2. The minimum Gasteiger partial charge on any atom is -0.324 e. The minimum absolute atomic E-state index is 0.170. The zero-order chi connectivity index (χ0) is 22.2. The average molecular weight is 432 g/mol. The molecule has 2 N–H and O–H groups in total. The van der Waals surface area contributed by atoms with Gasteiger partial charge in [0.1, 0.15) is 11.9 Å². The Balaban J connectivity index is 1.48. The Labute approximate surface area is 189 Å². The van der Waals surface area contributed by atoms with E-state index >= 15 is 0 Å². The van der Waals surface area contributed by atoms with E-state index in [1.165, 1.54) is 42.5 Å². The number of rotatable bonds is 8. The summed E-state index contributed by atoms with van der Waals surface area (Å²) in [6.45, 7) is 3.82. The van der Waals surface area contributed by atoms with Gasteiger partial charge in [-0.25, -0.2) is 4.39 Å². The van der Waals surface area contributed by atoms with Crippen LogP contribution in [0.3, 0.4) is 0 Å². The third-order valence-corrected chi connectivity index (χ3v) is 5.96. The first-order valence-electron chi connectivity index (χ1n) is 11.3. The number of likely N-dealkylation sites (tertiary alicyclic amines) is 1. The summed E-state index contributed by atoms with van der Waals surface area (Å²) in [7, 11) is 0. The van der Waals surface area contributed by atoms with E-state index < -0.39 is 6.04 Å². The molecule has 0 bridgehead atoms. The number of piperidine rings is 1. The second kappa shape index (κ2) is 11.0. The van der Waals surface area contributed by atoms with E-state index in [1.807, 2.05) is 36.4 Å². The second-order valence-electron chi connectivity index (χ2n) is 8.33. The van der Waals surface area contributed by atoms with Gasteiger partial charge >= 0.3 is 0 Å². The van der Waals surface area contributed by atoms with Gasteiger partial charge < -0.3 is 5.32 Å². The van der Waals surface area contributed by atoms with Crippen molar-refractivity contribution in [2.24, 2.45) is 0 Å². The molecule has 5 heteroatoms. The largest absolute Gasteiger partial charge is 0.324 e. The predicted molar refractivity (Wildman–Crippen MR) is 127 cm³/mol. The van der Waals surface area contributed by atoms with E-state index in [-0.39, 0.29) is 11.7 Å². The minimum atomic E-state index is -0.524. The molecule has 0 radical (unpaired) electrons. The van der Waals surface area contributed by atoms with E-state index in [0.717, 1.165) is 25.2 Å². The molecule has 1 aliphatic heterocycles. The summed E-state index contributed by atoms with van der Waals surface area (Å²) in [5.41, 5.74) is 3.96. The number of carbonyl (C=O) groups excluding carboxylic acids is 1. The van der Waals surface area contributed by atoms with Crippen LogP contribution in [0.1, 0.15) is 42.0 Å². The standard InChI is InChI=1S/C27H30FN3O/c28-24-13-15-25(16-14-24)30-27(32)26(21-9-3-1-4-10-21)29-19-22-11-5-6-12-23(22)20-31-17-7-2-8-18-31/h1,3-6,9-16,26,29H,2,7-8,17-20H2,(H,30,32)/t26-/m0/s1. The molecule has 3 aromatic rings. The Morgan fingerprint density at radius 1 is 0.844 bits per heavy atom. The van der Waals surface area contributed by atoms with E-state index in [4.69, 9.17) is 0 Å². The molecule has 4 nitrogen and oxygen atoms in total. The summed E-state index contributed by atoms with van der Waals surface area (Å²) in [5, 5.41) is 6.36. The van der Waals surface area contributed by atoms with Crippen LogP contribution >= 0.6 is 0 Å². The summed E-state index contributed by atoms with van der Waals surface area (Å²) in [6, 6.07) is 23.4. The van der Waals surface area contributed by atoms with Gasteiger partial charge in [-0.3, -0.25) is 15.0 Å². The number of benzene rings is 3. The number of nitrogens with one attached hydrogen (secondary N) is 2. The molecule has 1 atom stereocenters. The number of hydrogen-bond donors (Lipinski definition) is 2. The molecular weight excluding hydrogens is 401 g/mol. The van der Waals surface area contributed by atoms with Crippen LogP contribution in [0.2, 0.25) is 0 Å². The van der Waals surface area contributed by atoms with E-state index in [0.29, 0.717) is 12.2 Å². The van der Waals surface area contributed by atoms with Crippen molar-refractivity contribution in [3.63, 3.8) is 0 Å². The molecule has 1 fully saturated rings. The summed E-state index contributed by atoms with van der Waals surface area (Å²) in [5.74, 6) is -0.498. The molecule has 0 aliphatic carbocycles. The van der Waals surface area contributed by atoms with Crippen molar-refractivity contribution >= 4 is 11.6 Å². The van der Waals surface area contributed by atoms with Crippen LogP contribution in [0.25, 0.3) is 0 Å². The lowest BCUT2D eigenvalue weighted by molar-refractivity contribution is -0.118. The SMILES string of the molecule is O=C(Nc1ccc(F)cc1)[C@@H](NCc1ccccc1CN1CCCCC1)c1ccccc1. The molecule has 0 spiro atoms. The Morgan fingerprint density at radius 2 is 1.50 bits per heavy atom. The van der Waals surface area contributed by atoms with Gasteiger partial charge in [-0.15, -0.1) is 0 Å². The van der Waals surface area contributed by atoms with Gasteiger partial charge in [-0.2, -0.15) is 0 Å². The third kappa shape index (κ3) is 6.02. The van der Waals surface area contributed by atoms with Crippen molar-refractivity contribution in [3.8, 4) is 0 Å². The van der Waals surface area contributed by atoms with Crippen LogP contribution in [0.5, 0.6) is 0 Å². The molecular formula is C27H30FN3O. The number of halogens is 1. The highest BCUT2D eigenvalue weighted by molar-refractivity contribution is 5.95. The summed E-state index contributed by atoms with van der Waals surface area (Å²) >= 11 is 0. The van der Waals surface area contributed by atoms with Crippen LogP contribution in [0.4, 0.5) is 10.1 Å². The predicted octanol–water partition coefficient (Wildman–Crippen LogP) is 5.28. The summed E-state index contributed by atoms with van der Waals surface area (Å²) < 4.78 is 13.2. The summed E-state index contributed by atoms with van der Waals surface area (Å²) in [4.78, 5) is 15.7. The fourth-order valence-electron chi connectivity index (χ4n) is 4.21. The Bertz CT molecular complexity index is 1000. The molecule has 1 aliphatic rings. The van der Waals surface area contributed by atoms with Gasteiger partial charge in [0.25, 0.3) is 0 Å². The first-order valence-corrected chi connectivity index (χ1v) is 11.3. The smallest absolute Gasteiger partial charge is 0.246 e. The van der Waals surface area contributed by atoms with Crippen molar-refractivity contribution in [1.82, 2.24) is 10.2 Å².